The average molecular weight is 516 g/mol. The van der Waals surface area contributed by atoms with Crippen molar-refractivity contribution in [3.05, 3.63) is 137 Å². The Balaban J connectivity index is 1.50. The molecule has 0 saturated heterocycles. The first-order chi connectivity index (χ1) is 17.8. The van der Waals surface area contributed by atoms with Gasteiger partial charge in [-0.2, -0.15) is 9.41 Å². The molecule has 6 nitrogen and oxygen atoms in total. The van der Waals surface area contributed by atoms with E-state index in [4.69, 9.17) is 0 Å². The Morgan fingerprint density at radius 1 is 0.784 bits per heavy atom. The summed E-state index contributed by atoms with van der Waals surface area (Å²) in [7, 11) is -3.77. The standard InChI is InChI=1S/C29H26FN3O3S/c1-22(27-14-8-9-15-28(27)30)31-32-29(34)25-18-16-24(17-19-25)21-33(20-23-10-4-2-5-11-23)37(35,36)26-12-6-3-7-13-26/h2-19H,20-21H2,1H3,(H,32,34). The van der Waals surface area contributed by atoms with Gasteiger partial charge in [0.25, 0.3) is 5.91 Å². The zero-order valence-electron chi connectivity index (χ0n) is 20.2. The van der Waals surface area contributed by atoms with E-state index >= 15 is 0 Å². The second-order valence-corrected chi connectivity index (χ2v) is 10.3. The van der Waals surface area contributed by atoms with Gasteiger partial charge in [-0.3, -0.25) is 4.79 Å². The maximum atomic E-state index is 13.9. The van der Waals surface area contributed by atoms with Crippen molar-refractivity contribution >= 4 is 21.6 Å². The summed E-state index contributed by atoms with van der Waals surface area (Å²) in [4.78, 5) is 12.8. The topological polar surface area (TPSA) is 78.8 Å². The molecule has 0 fully saturated rings. The van der Waals surface area contributed by atoms with Crippen molar-refractivity contribution in [1.82, 2.24) is 9.73 Å². The number of sulfonamides is 1. The van der Waals surface area contributed by atoms with Crippen molar-refractivity contribution in [1.29, 1.82) is 0 Å². The van der Waals surface area contributed by atoms with E-state index in [-0.39, 0.29) is 18.0 Å². The Labute approximate surface area is 216 Å². The molecular formula is C29H26FN3O3S. The summed E-state index contributed by atoms with van der Waals surface area (Å²) in [6.45, 7) is 1.93. The van der Waals surface area contributed by atoms with Crippen LogP contribution in [0.3, 0.4) is 0 Å². The zero-order chi connectivity index (χ0) is 26.3. The van der Waals surface area contributed by atoms with Crippen LogP contribution in [0.5, 0.6) is 0 Å². The van der Waals surface area contributed by atoms with Crippen LogP contribution in [0.25, 0.3) is 0 Å². The summed E-state index contributed by atoms with van der Waals surface area (Å²) in [5, 5.41) is 4.00. The summed E-state index contributed by atoms with van der Waals surface area (Å²) in [6, 6.07) is 30.5. The van der Waals surface area contributed by atoms with Crippen LogP contribution in [-0.4, -0.2) is 24.3 Å². The first kappa shape index (κ1) is 25.9. The number of benzene rings is 4. The van der Waals surface area contributed by atoms with Gasteiger partial charge in [-0.15, -0.1) is 0 Å². The Morgan fingerprint density at radius 2 is 1.32 bits per heavy atom. The molecule has 0 unspecified atom stereocenters. The number of carbonyl (C=O) groups excluding carboxylic acids is 1. The quantitative estimate of drug-likeness (QED) is 0.240. The molecule has 0 atom stereocenters. The van der Waals surface area contributed by atoms with Crippen LogP contribution in [0.2, 0.25) is 0 Å². The Bertz CT molecular complexity index is 1490. The normalized spacial score (nSPS) is 11.9. The highest BCUT2D eigenvalue weighted by Crippen LogP contribution is 2.21. The van der Waals surface area contributed by atoms with Gasteiger partial charge in [-0.25, -0.2) is 18.2 Å². The van der Waals surface area contributed by atoms with Gasteiger partial charge in [-0.05, 0) is 48.4 Å². The van der Waals surface area contributed by atoms with E-state index in [2.05, 4.69) is 10.5 Å². The Morgan fingerprint density at radius 3 is 1.95 bits per heavy atom. The van der Waals surface area contributed by atoms with Gasteiger partial charge in [-0.1, -0.05) is 78.9 Å². The molecule has 1 N–H and O–H groups in total. The first-order valence-corrected chi connectivity index (χ1v) is 13.1. The van der Waals surface area contributed by atoms with Crippen molar-refractivity contribution in [3.63, 3.8) is 0 Å². The summed E-state index contributed by atoms with van der Waals surface area (Å²) < 4.78 is 42.2. The van der Waals surface area contributed by atoms with Crippen LogP contribution >= 0.6 is 0 Å². The number of hydrogen-bond acceptors (Lipinski definition) is 4. The third kappa shape index (κ3) is 6.55. The molecule has 0 spiro atoms. The minimum Gasteiger partial charge on any atom is -0.267 e. The molecular weight excluding hydrogens is 489 g/mol. The number of hydrazone groups is 1. The summed E-state index contributed by atoms with van der Waals surface area (Å²) in [6.07, 6.45) is 0. The minimum absolute atomic E-state index is 0.124. The number of nitrogens with one attached hydrogen (secondary N) is 1. The minimum atomic E-state index is -3.77. The number of nitrogens with zero attached hydrogens (tertiary/aromatic N) is 2. The molecule has 0 aromatic heterocycles. The first-order valence-electron chi connectivity index (χ1n) is 11.6. The lowest BCUT2D eigenvalue weighted by Gasteiger charge is -2.22. The maximum Gasteiger partial charge on any atom is 0.271 e. The molecule has 0 aliphatic carbocycles. The molecule has 0 aliphatic rings. The van der Waals surface area contributed by atoms with Gasteiger partial charge in [0.15, 0.2) is 0 Å². The molecule has 1 amide bonds. The number of hydrogen-bond donors (Lipinski definition) is 1. The van der Waals surface area contributed by atoms with Gasteiger partial charge in [0.05, 0.1) is 10.6 Å². The third-order valence-corrected chi connectivity index (χ3v) is 7.55. The summed E-state index contributed by atoms with van der Waals surface area (Å²) in [5.41, 5.74) is 5.00. The average Bonchev–Trinajstić information content (AvgIpc) is 2.93. The van der Waals surface area contributed by atoms with Gasteiger partial charge in [0, 0.05) is 24.2 Å². The van der Waals surface area contributed by atoms with E-state index < -0.39 is 21.7 Å². The lowest BCUT2D eigenvalue weighted by atomic mass is 10.1. The number of halogens is 1. The SMILES string of the molecule is CC(=NNC(=O)c1ccc(CN(Cc2ccccc2)S(=O)(=O)c2ccccc2)cc1)c1ccccc1F. The van der Waals surface area contributed by atoms with Gasteiger partial charge >= 0.3 is 0 Å². The molecule has 188 valence electrons. The van der Waals surface area contributed by atoms with Crippen LogP contribution in [-0.2, 0) is 23.1 Å². The van der Waals surface area contributed by atoms with Crippen molar-refractivity contribution in [2.24, 2.45) is 5.10 Å². The van der Waals surface area contributed by atoms with E-state index in [9.17, 15) is 17.6 Å². The van der Waals surface area contributed by atoms with E-state index in [1.807, 2.05) is 30.3 Å². The summed E-state index contributed by atoms with van der Waals surface area (Å²) >= 11 is 0. The number of amides is 1. The monoisotopic (exact) mass is 515 g/mol. The van der Waals surface area contributed by atoms with Crippen molar-refractivity contribution in [3.8, 4) is 0 Å². The number of carbonyl (C=O) groups is 1. The molecule has 8 heteroatoms. The van der Waals surface area contributed by atoms with Crippen LogP contribution in [0.15, 0.2) is 119 Å². The highest BCUT2D eigenvalue weighted by atomic mass is 32.2. The third-order valence-electron chi connectivity index (χ3n) is 5.75. The predicted octanol–water partition coefficient (Wildman–Crippen LogP) is 5.37. The molecule has 0 heterocycles. The van der Waals surface area contributed by atoms with Crippen LogP contribution in [0.1, 0.15) is 34.0 Å². The molecule has 37 heavy (non-hydrogen) atoms. The molecule has 4 rings (SSSR count). The molecule has 0 bridgehead atoms. The number of rotatable bonds is 9. The van der Waals surface area contributed by atoms with Crippen molar-refractivity contribution in [2.75, 3.05) is 0 Å². The second kappa shape index (κ2) is 11.7. The fourth-order valence-corrected chi connectivity index (χ4v) is 5.17. The summed E-state index contributed by atoms with van der Waals surface area (Å²) in [5.74, 6) is -0.881. The fourth-order valence-electron chi connectivity index (χ4n) is 3.73. The molecule has 0 aliphatic heterocycles. The van der Waals surface area contributed by atoms with Crippen LogP contribution in [0.4, 0.5) is 4.39 Å². The molecule has 0 radical (unpaired) electrons. The van der Waals surface area contributed by atoms with Gasteiger partial charge in [0.1, 0.15) is 5.82 Å². The largest absolute Gasteiger partial charge is 0.271 e. The van der Waals surface area contributed by atoms with Gasteiger partial charge < -0.3 is 0 Å². The maximum absolute atomic E-state index is 13.9. The van der Waals surface area contributed by atoms with Crippen molar-refractivity contribution in [2.45, 2.75) is 24.9 Å². The van der Waals surface area contributed by atoms with E-state index in [0.29, 0.717) is 16.8 Å². The lowest BCUT2D eigenvalue weighted by Crippen LogP contribution is -2.30. The predicted molar refractivity (Wildman–Crippen MR) is 142 cm³/mol. The highest BCUT2D eigenvalue weighted by Gasteiger charge is 2.25. The highest BCUT2D eigenvalue weighted by molar-refractivity contribution is 7.89. The zero-order valence-corrected chi connectivity index (χ0v) is 21.0. The molecule has 0 saturated carbocycles. The van der Waals surface area contributed by atoms with Crippen molar-refractivity contribution < 1.29 is 17.6 Å². The molecule has 4 aromatic rings. The van der Waals surface area contributed by atoms with Crippen LogP contribution in [0, 0.1) is 5.82 Å². The Hall–Kier alpha value is -4.14. The fraction of sp³-hybridized carbons (Fsp3) is 0.103. The second-order valence-electron chi connectivity index (χ2n) is 8.39. The Kier molecular flexibility index (Phi) is 8.22. The van der Waals surface area contributed by atoms with E-state index in [1.54, 1.807) is 79.7 Å². The van der Waals surface area contributed by atoms with E-state index in [1.165, 1.54) is 10.4 Å². The lowest BCUT2D eigenvalue weighted by molar-refractivity contribution is 0.0954. The van der Waals surface area contributed by atoms with E-state index in [0.717, 1.165) is 11.1 Å². The molecule has 4 aromatic carbocycles. The van der Waals surface area contributed by atoms with Gasteiger partial charge in [0.2, 0.25) is 10.0 Å². The van der Waals surface area contributed by atoms with Crippen LogP contribution < -0.4 is 5.43 Å². The smallest absolute Gasteiger partial charge is 0.267 e.